The summed E-state index contributed by atoms with van der Waals surface area (Å²) in [5, 5.41) is 3.85. The highest BCUT2D eigenvalue weighted by atomic mass is 35.5. The van der Waals surface area contributed by atoms with Gasteiger partial charge in [-0.25, -0.2) is 9.78 Å². The number of anilines is 1. The Kier molecular flexibility index (Phi) is 6.29. The summed E-state index contributed by atoms with van der Waals surface area (Å²) in [6, 6.07) is 10.5. The van der Waals surface area contributed by atoms with Gasteiger partial charge in [0.1, 0.15) is 9.71 Å². The normalized spacial score (nSPS) is 14.6. The molecule has 4 rings (SSSR count). The van der Waals surface area contributed by atoms with E-state index in [1.54, 1.807) is 24.3 Å². The number of hydrogen-bond donors (Lipinski definition) is 1. The van der Waals surface area contributed by atoms with Gasteiger partial charge in [-0.15, -0.1) is 11.3 Å². The van der Waals surface area contributed by atoms with Gasteiger partial charge in [0.15, 0.2) is 0 Å². The van der Waals surface area contributed by atoms with E-state index >= 15 is 0 Å². The van der Waals surface area contributed by atoms with Crippen molar-refractivity contribution in [1.82, 2.24) is 9.88 Å². The highest BCUT2D eigenvalue weighted by molar-refractivity contribution is 7.21. The Labute approximate surface area is 182 Å². The Bertz CT molecular complexity index is 1100. The SMILES string of the molecule is COC(=O)c1sc2nc(CN3CCOCC3)ccc2c1NC(=O)c1ccccc1Cl. The zero-order valence-corrected chi connectivity index (χ0v) is 17.9. The van der Waals surface area contributed by atoms with Crippen molar-refractivity contribution in [2.45, 2.75) is 6.54 Å². The first-order valence-electron chi connectivity index (χ1n) is 9.43. The van der Waals surface area contributed by atoms with Crippen LogP contribution in [0.3, 0.4) is 0 Å². The predicted octanol–water partition coefficient (Wildman–Crippen LogP) is 3.82. The maximum Gasteiger partial charge on any atom is 0.350 e. The number of halogens is 1. The highest BCUT2D eigenvalue weighted by Crippen LogP contribution is 2.36. The molecule has 0 aliphatic carbocycles. The summed E-state index contributed by atoms with van der Waals surface area (Å²) in [5.74, 6) is -0.926. The average Bonchev–Trinajstić information content (AvgIpc) is 3.11. The number of rotatable bonds is 5. The van der Waals surface area contributed by atoms with Crippen molar-refractivity contribution in [2.24, 2.45) is 0 Å². The molecule has 1 amide bonds. The van der Waals surface area contributed by atoms with Crippen LogP contribution in [-0.4, -0.2) is 55.2 Å². The van der Waals surface area contributed by atoms with E-state index in [4.69, 9.17) is 26.1 Å². The maximum absolute atomic E-state index is 12.8. The molecular weight excluding hydrogens is 426 g/mol. The Hall–Kier alpha value is -2.52. The summed E-state index contributed by atoms with van der Waals surface area (Å²) in [6.07, 6.45) is 0. The molecule has 7 nitrogen and oxygen atoms in total. The Morgan fingerprint density at radius 3 is 2.73 bits per heavy atom. The van der Waals surface area contributed by atoms with Crippen LogP contribution in [0.15, 0.2) is 36.4 Å². The van der Waals surface area contributed by atoms with Crippen molar-refractivity contribution in [2.75, 3.05) is 38.7 Å². The van der Waals surface area contributed by atoms with Crippen molar-refractivity contribution in [3.63, 3.8) is 0 Å². The highest BCUT2D eigenvalue weighted by Gasteiger charge is 2.23. The minimum absolute atomic E-state index is 0.295. The number of thiophene rings is 1. The largest absolute Gasteiger partial charge is 0.465 e. The second kappa shape index (κ2) is 9.09. The third-order valence-electron chi connectivity index (χ3n) is 4.83. The molecule has 3 heterocycles. The molecule has 1 N–H and O–H groups in total. The molecule has 1 aliphatic rings. The summed E-state index contributed by atoms with van der Waals surface area (Å²) in [4.78, 5) is 33.1. The molecule has 0 bridgehead atoms. The number of nitrogens with zero attached hydrogens (tertiary/aromatic N) is 2. The Balaban J connectivity index is 1.67. The van der Waals surface area contributed by atoms with Gasteiger partial charge in [0.25, 0.3) is 5.91 Å². The molecule has 1 aromatic carbocycles. The minimum atomic E-state index is -0.526. The number of hydrogen-bond acceptors (Lipinski definition) is 7. The van der Waals surface area contributed by atoms with E-state index in [2.05, 4.69) is 10.2 Å². The van der Waals surface area contributed by atoms with E-state index < -0.39 is 11.9 Å². The van der Waals surface area contributed by atoms with Gasteiger partial charge in [0, 0.05) is 25.0 Å². The molecule has 0 spiro atoms. The first-order chi connectivity index (χ1) is 14.6. The zero-order valence-electron chi connectivity index (χ0n) is 16.3. The van der Waals surface area contributed by atoms with Crippen LogP contribution in [0.2, 0.25) is 5.02 Å². The summed E-state index contributed by atoms with van der Waals surface area (Å²) in [7, 11) is 1.31. The monoisotopic (exact) mass is 445 g/mol. The zero-order chi connectivity index (χ0) is 21.1. The van der Waals surface area contributed by atoms with E-state index in [0.29, 0.717) is 51.1 Å². The minimum Gasteiger partial charge on any atom is -0.465 e. The second-order valence-corrected chi connectivity index (χ2v) is 8.18. The lowest BCUT2D eigenvalue weighted by Crippen LogP contribution is -2.35. The summed E-state index contributed by atoms with van der Waals surface area (Å²) in [6.45, 7) is 3.84. The molecule has 156 valence electrons. The van der Waals surface area contributed by atoms with E-state index in [9.17, 15) is 9.59 Å². The van der Waals surface area contributed by atoms with Crippen molar-refractivity contribution in [1.29, 1.82) is 0 Å². The van der Waals surface area contributed by atoms with Gasteiger partial charge < -0.3 is 14.8 Å². The number of esters is 1. The van der Waals surface area contributed by atoms with Gasteiger partial charge in [0.2, 0.25) is 0 Å². The lowest BCUT2D eigenvalue weighted by molar-refractivity contribution is 0.0337. The fourth-order valence-corrected chi connectivity index (χ4v) is 4.57. The molecule has 0 radical (unpaired) electrons. The standard InChI is InChI=1S/C21H20ClN3O4S/c1-28-21(27)18-17(24-19(26)14-4-2-3-5-16(14)22)15-7-6-13(23-20(15)30-18)12-25-8-10-29-11-9-25/h2-7H,8-12H2,1H3,(H,24,26). The summed E-state index contributed by atoms with van der Waals surface area (Å²) >= 11 is 7.34. The topological polar surface area (TPSA) is 80.8 Å². The molecule has 1 fully saturated rings. The van der Waals surface area contributed by atoms with E-state index in [0.717, 1.165) is 18.8 Å². The van der Waals surface area contributed by atoms with Gasteiger partial charge in [-0.1, -0.05) is 23.7 Å². The number of nitrogens with one attached hydrogen (secondary N) is 1. The number of carbonyl (C=O) groups is 2. The molecular formula is C21H20ClN3O4S. The number of fused-ring (bicyclic) bond motifs is 1. The molecule has 30 heavy (non-hydrogen) atoms. The van der Waals surface area contributed by atoms with Crippen LogP contribution in [0.5, 0.6) is 0 Å². The Morgan fingerprint density at radius 1 is 1.23 bits per heavy atom. The number of methoxy groups -OCH3 is 1. The van der Waals surface area contributed by atoms with Crippen molar-refractivity contribution in [3.8, 4) is 0 Å². The van der Waals surface area contributed by atoms with Crippen molar-refractivity contribution in [3.05, 3.63) is 57.6 Å². The van der Waals surface area contributed by atoms with Crippen molar-refractivity contribution < 1.29 is 19.1 Å². The van der Waals surface area contributed by atoms with Crippen LogP contribution < -0.4 is 5.32 Å². The Morgan fingerprint density at radius 2 is 2.00 bits per heavy atom. The first-order valence-corrected chi connectivity index (χ1v) is 10.6. The second-order valence-electron chi connectivity index (χ2n) is 6.78. The fraction of sp³-hybridized carbons (Fsp3) is 0.286. The maximum atomic E-state index is 12.8. The van der Waals surface area contributed by atoms with Crippen LogP contribution in [0.4, 0.5) is 5.69 Å². The van der Waals surface area contributed by atoms with Crippen LogP contribution >= 0.6 is 22.9 Å². The summed E-state index contributed by atoms with van der Waals surface area (Å²) < 4.78 is 10.3. The third kappa shape index (κ3) is 4.32. The lowest BCUT2D eigenvalue weighted by atomic mass is 10.2. The number of pyridine rings is 1. The smallest absolute Gasteiger partial charge is 0.350 e. The van der Waals surface area contributed by atoms with Crippen LogP contribution in [0.25, 0.3) is 10.2 Å². The van der Waals surface area contributed by atoms with Gasteiger partial charge >= 0.3 is 5.97 Å². The van der Waals surface area contributed by atoms with Crippen LogP contribution in [-0.2, 0) is 16.0 Å². The van der Waals surface area contributed by atoms with E-state index in [-0.39, 0.29) is 0 Å². The van der Waals surface area contributed by atoms with Gasteiger partial charge in [-0.05, 0) is 24.3 Å². The first kappa shape index (κ1) is 20.7. The molecule has 0 atom stereocenters. The summed E-state index contributed by atoms with van der Waals surface area (Å²) in [5.41, 5.74) is 1.61. The van der Waals surface area contributed by atoms with Crippen molar-refractivity contribution >= 4 is 50.7 Å². The molecule has 0 saturated carbocycles. The van der Waals surface area contributed by atoms with E-state index in [1.165, 1.54) is 18.4 Å². The van der Waals surface area contributed by atoms with Crippen LogP contribution in [0, 0.1) is 0 Å². The molecule has 1 saturated heterocycles. The molecule has 0 unspecified atom stereocenters. The fourth-order valence-electron chi connectivity index (χ4n) is 3.28. The van der Waals surface area contributed by atoms with Crippen LogP contribution in [0.1, 0.15) is 25.7 Å². The number of amides is 1. The number of carbonyl (C=O) groups excluding carboxylic acids is 2. The molecule has 3 aromatic rings. The molecule has 1 aliphatic heterocycles. The van der Waals surface area contributed by atoms with Gasteiger partial charge in [0.05, 0.1) is 42.3 Å². The number of morpholine rings is 1. The number of benzene rings is 1. The average molecular weight is 446 g/mol. The van der Waals surface area contributed by atoms with Gasteiger partial charge in [-0.2, -0.15) is 0 Å². The molecule has 2 aromatic heterocycles. The third-order valence-corrected chi connectivity index (χ3v) is 6.24. The number of ether oxygens (including phenoxy) is 2. The van der Waals surface area contributed by atoms with Gasteiger partial charge in [-0.3, -0.25) is 9.69 Å². The molecule has 9 heteroatoms. The lowest BCUT2D eigenvalue weighted by Gasteiger charge is -2.26. The predicted molar refractivity (Wildman–Crippen MR) is 116 cm³/mol. The van der Waals surface area contributed by atoms with E-state index in [1.807, 2.05) is 12.1 Å². The number of aromatic nitrogens is 1. The quantitative estimate of drug-likeness (QED) is 0.601.